The van der Waals surface area contributed by atoms with Crippen LogP contribution in [0.1, 0.15) is 11.1 Å². The van der Waals surface area contributed by atoms with Crippen molar-refractivity contribution >= 4 is 0 Å². The summed E-state index contributed by atoms with van der Waals surface area (Å²) in [5.74, 6) is 0.868. The highest BCUT2D eigenvalue weighted by molar-refractivity contribution is 5.29. The summed E-state index contributed by atoms with van der Waals surface area (Å²) in [6, 6.07) is 18.1. The molecule has 2 aromatic rings. The molecule has 0 aliphatic carbocycles. The average Bonchev–Trinajstić information content (AvgIpc) is 2.47. The maximum atomic E-state index is 8.72. The molecular formula is C16H19NO2. The Morgan fingerprint density at radius 2 is 1.74 bits per heavy atom. The molecule has 0 saturated heterocycles. The van der Waals surface area contributed by atoms with Crippen molar-refractivity contribution in [2.24, 2.45) is 0 Å². The molecule has 0 amide bonds. The molecule has 0 fully saturated rings. The number of aliphatic hydroxyl groups excluding tert-OH is 1. The van der Waals surface area contributed by atoms with Gasteiger partial charge in [0.2, 0.25) is 0 Å². The summed E-state index contributed by atoms with van der Waals surface area (Å²) in [6.45, 7) is 2.08. The summed E-state index contributed by atoms with van der Waals surface area (Å²) >= 11 is 0. The standard InChI is InChI=1S/C16H19NO2/c18-10-9-17-12-15-7-4-8-16(11-15)19-13-14-5-2-1-3-6-14/h1-8,11,17-18H,9-10,12-13H2. The van der Waals surface area contributed by atoms with E-state index in [1.165, 1.54) is 0 Å². The van der Waals surface area contributed by atoms with Gasteiger partial charge in [0.05, 0.1) is 6.61 Å². The maximum absolute atomic E-state index is 8.72. The summed E-state index contributed by atoms with van der Waals surface area (Å²) in [6.07, 6.45) is 0. The average molecular weight is 257 g/mol. The summed E-state index contributed by atoms with van der Waals surface area (Å²) in [4.78, 5) is 0. The molecule has 2 N–H and O–H groups in total. The first-order chi connectivity index (χ1) is 9.38. The molecule has 0 bridgehead atoms. The molecule has 0 aliphatic rings. The Balaban J connectivity index is 1.88. The zero-order valence-electron chi connectivity index (χ0n) is 10.9. The van der Waals surface area contributed by atoms with Crippen LogP contribution < -0.4 is 10.1 Å². The number of ether oxygens (including phenoxy) is 1. The van der Waals surface area contributed by atoms with Crippen molar-refractivity contribution in [2.45, 2.75) is 13.2 Å². The van der Waals surface area contributed by atoms with Crippen LogP contribution in [-0.2, 0) is 13.2 Å². The van der Waals surface area contributed by atoms with E-state index in [9.17, 15) is 0 Å². The lowest BCUT2D eigenvalue weighted by Crippen LogP contribution is -2.17. The number of nitrogens with one attached hydrogen (secondary N) is 1. The Bertz CT molecular complexity index is 485. The maximum Gasteiger partial charge on any atom is 0.120 e. The third kappa shape index (κ3) is 4.73. The molecular weight excluding hydrogens is 238 g/mol. The lowest BCUT2D eigenvalue weighted by molar-refractivity contribution is 0.291. The Labute approximate surface area is 113 Å². The highest BCUT2D eigenvalue weighted by Crippen LogP contribution is 2.15. The first-order valence-corrected chi connectivity index (χ1v) is 6.46. The van der Waals surface area contributed by atoms with Crippen molar-refractivity contribution in [1.29, 1.82) is 0 Å². The van der Waals surface area contributed by atoms with Gasteiger partial charge in [0, 0.05) is 13.1 Å². The summed E-state index contributed by atoms with van der Waals surface area (Å²) in [7, 11) is 0. The molecule has 3 nitrogen and oxygen atoms in total. The normalized spacial score (nSPS) is 10.4. The van der Waals surface area contributed by atoms with Gasteiger partial charge in [-0.05, 0) is 23.3 Å². The van der Waals surface area contributed by atoms with Crippen LogP contribution >= 0.6 is 0 Å². The van der Waals surface area contributed by atoms with E-state index < -0.39 is 0 Å². The van der Waals surface area contributed by atoms with Gasteiger partial charge in [-0.25, -0.2) is 0 Å². The van der Waals surface area contributed by atoms with E-state index in [4.69, 9.17) is 9.84 Å². The fraction of sp³-hybridized carbons (Fsp3) is 0.250. The van der Waals surface area contributed by atoms with Crippen LogP contribution in [0.4, 0.5) is 0 Å². The smallest absolute Gasteiger partial charge is 0.120 e. The van der Waals surface area contributed by atoms with Gasteiger partial charge in [0.15, 0.2) is 0 Å². The largest absolute Gasteiger partial charge is 0.489 e. The molecule has 0 radical (unpaired) electrons. The molecule has 0 spiro atoms. The summed E-state index contributed by atoms with van der Waals surface area (Å²) < 4.78 is 5.76. The summed E-state index contributed by atoms with van der Waals surface area (Å²) in [5.41, 5.74) is 2.31. The molecule has 0 saturated carbocycles. The van der Waals surface area contributed by atoms with E-state index in [0.717, 1.165) is 23.4 Å². The molecule has 19 heavy (non-hydrogen) atoms. The Morgan fingerprint density at radius 3 is 2.53 bits per heavy atom. The second kappa shape index (κ2) is 7.56. The van der Waals surface area contributed by atoms with Crippen LogP contribution in [0.25, 0.3) is 0 Å². The van der Waals surface area contributed by atoms with Gasteiger partial charge in [-0.3, -0.25) is 0 Å². The Kier molecular flexibility index (Phi) is 5.41. The topological polar surface area (TPSA) is 41.5 Å². The van der Waals surface area contributed by atoms with Gasteiger partial charge in [-0.15, -0.1) is 0 Å². The van der Waals surface area contributed by atoms with Crippen molar-refractivity contribution in [2.75, 3.05) is 13.2 Å². The lowest BCUT2D eigenvalue weighted by atomic mass is 10.2. The first kappa shape index (κ1) is 13.6. The number of aliphatic hydroxyl groups is 1. The Hall–Kier alpha value is -1.84. The fourth-order valence-corrected chi connectivity index (χ4v) is 1.80. The van der Waals surface area contributed by atoms with Crippen molar-refractivity contribution < 1.29 is 9.84 Å². The number of benzene rings is 2. The van der Waals surface area contributed by atoms with Crippen LogP contribution in [0.2, 0.25) is 0 Å². The molecule has 0 unspecified atom stereocenters. The van der Waals surface area contributed by atoms with Crippen LogP contribution in [0.5, 0.6) is 5.75 Å². The third-order valence-electron chi connectivity index (χ3n) is 2.76. The van der Waals surface area contributed by atoms with Gasteiger partial charge in [-0.2, -0.15) is 0 Å². The van der Waals surface area contributed by atoms with Crippen molar-refractivity contribution in [3.8, 4) is 5.75 Å². The van der Waals surface area contributed by atoms with Crippen LogP contribution in [-0.4, -0.2) is 18.3 Å². The van der Waals surface area contributed by atoms with E-state index in [-0.39, 0.29) is 6.61 Å². The highest BCUT2D eigenvalue weighted by Gasteiger charge is 1.98. The van der Waals surface area contributed by atoms with Crippen LogP contribution in [0.3, 0.4) is 0 Å². The minimum Gasteiger partial charge on any atom is -0.489 e. The van der Waals surface area contributed by atoms with Crippen molar-refractivity contribution in [3.63, 3.8) is 0 Å². The number of hydrogen-bond donors (Lipinski definition) is 2. The molecule has 0 aliphatic heterocycles. The number of hydrogen-bond acceptors (Lipinski definition) is 3. The van der Waals surface area contributed by atoms with Crippen LogP contribution in [0.15, 0.2) is 54.6 Å². The van der Waals surface area contributed by atoms with E-state index in [1.807, 2.05) is 54.6 Å². The van der Waals surface area contributed by atoms with E-state index in [1.54, 1.807) is 0 Å². The highest BCUT2D eigenvalue weighted by atomic mass is 16.5. The molecule has 2 rings (SSSR count). The monoisotopic (exact) mass is 257 g/mol. The minimum atomic E-state index is 0.157. The van der Waals surface area contributed by atoms with Gasteiger partial charge in [0.1, 0.15) is 12.4 Å². The van der Waals surface area contributed by atoms with Crippen molar-refractivity contribution in [1.82, 2.24) is 5.32 Å². The van der Waals surface area contributed by atoms with Gasteiger partial charge >= 0.3 is 0 Å². The fourth-order valence-electron chi connectivity index (χ4n) is 1.80. The summed E-state index contributed by atoms with van der Waals surface area (Å²) in [5, 5.41) is 11.9. The zero-order chi connectivity index (χ0) is 13.3. The first-order valence-electron chi connectivity index (χ1n) is 6.46. The van der Waals surface area contributed by atoms with E-state index in [2.05, 4.69) is 5.32 Å². The van der Waals surface area contributed by atoms with Gasteiger partial charge < -0.3 is 15.2 Å². The molecule has 100 valence electrons. The van der Waals surface area contributed by atoms with E-state index >= 15 is 0 Å². The second-order valence-electron chi connectivity index (χ2n) is 4.32. The lowest BCUT2D eigenvalue weighted by Gasteiger charge is -2.08. The van der Waals surface area contributed by atoms with Crippen molar-refractivity contribution in [3.05, 3.63) is 65.7 Å². The molecule has 3 heteroatoms. The predicted molar refractivity (Wildman–Crippen MR) is 76.0 cm³/mol. The second-order valence-corrected chi connectivity index (χ2v) is 4.32. The zero-order valence-corrected chi connectivity index (χ0v) is 10.9. The van der Waals surface area contributed by atoms with E-state index in [0.29, 0.717) is 13.2 Å². The quantitative estimate of drug-likeness (QED) is 0.748. The van der Waals surface area contributed by atoms with Crippen LogP contribution in [0, 0.1) is 0 Å². The molecule has 0 heterocycles. The minimum absolute atomic E-state index is 0.157. The van der Waals surface area contributed by atoms with Gasteiger partial charge in [0.25, 0.3) is 0 Å². The SMILES string of the molecule is OCCNCc1cccc(OCc2ccccc2)c1. The molecule has 0 atom stereocenters. The molecule has 2 aromatic carbocycles. The third-order valence-corrected chi connectivity index (χ3v) is 2.76. The number of rotatable bonds is 7. The van der Waals surface area contributed by atoms with Gasteiger partial charge in [-0.1, -0.05) is 42.5 Å². The molecule has 0 aromatic heterocycles. The predicted octanol–water partition coefficient (Wildman–Crippen LogP) is 2.35. The Morgan fingerprint density at radius 1 is 0.947 bits per heavy atom.